The lowest BCUT2D eigenvalue weighted by Gasteiger charge is -2.39. The van der Waals surface area contributed by atoms with E-state index in [9.17, 15) is 0 Å². The molecule has 0 bridgehead atoms. The molecule has 0 amide bonds. The van der Waals surface area contributed by atoms with Crippen molar-refractivity contribution in [1.29, 1.82) is 0 Å². The Morgan fingerprint density at radius 1 is 1.05 bits per heavy atom. The third-order valence-electron chi connectivity index (χ3n) is 5.17. The number of hydrogen-bond donors (Lipinski definition) is 0. The zero-order valence-electron chi connectivity index (χ0n) is 13.5. The summed E-state index contributed by atoms with van der Waals surface area (Å²) in [6.45, 7) is 4.64. The molecule has 0 radical (unpaired) electrons. The Morgan fingerprint density at radius 3 is 2.43 bits per heavy atom. The minimum Gasteiger partial charge on any atom is -0.493 e. The van der Waals surface area contributed by atoms with Crippen LogP contribution in [-0.4, -0.2) is 31.7 Å². The number of nitrogens with zero attached hydrogens (tertiary/aromatic N) is 1. The van der Waals surface area contributed by atoms with Gasteiger partial charge in [0.15, 0.2) is 11.5 Å². The molecule has 1 aromatic rings. The average molecular weight is 289 g/mol. The van der Waals surface area contributed by atoms with E-state index in [4.69, 9.17) is 9.47 Å². The van der Waals surface area contributed by atoms with E-state index >= 15 is 0 Å². The Labute approximate surface area is 128 Å². The molecule has 0 saturated heterocycles. The van der Waals surface area contributed by atoms with Crippen molar-refractivity contribution in [2.45, 2.75) is 51.6 Å². The molecule has 1 aliphatic heterocycles. The van der Waals surface area contributed by atoms with Gasteiger partial charge in [-0.3, -0.25) is 4.90 Å². The van der Waals surface area contributed by atoms with Crippen molar-refractivity contribution in [1.82, 2.24) is 4.90 Å². The van der Waals surface area contributed by atoms with Crippen molar-refractivity contribution in [2.24, 2.45) is 5.92 Å². The standard InChI is InChI=1S/C18H27NO2/c1-13-5-4-6-16(9-13)19-8-7-14-10-17(20-2)18(21-3)11-15(14)12-19/h10-11,13,16H,4-9,12H2,1-3H3. The smallest absolute Gasteiger partial charge is 0.161 e. The van der Waals surface area contributed by atoms with E-state index in [0.29, 0.717) is 0 Å². The lowest BCUT2D eigenvalue weighted by molar-refractivity contribution is 0.121. The van der Waals surface area contributed by atoms with Gasteiger partial charge in [0.05, 0.1) is 14.2 Å². The SMILES string of the molecule is COc1cc2c(cc1OC)CN(C1CCCC(C)C1)CC2. The summed E-state index contributed by atoms with van der Waals surface area (Å²) in [7, 11) is 3.43. The molecule has 3 rings (SSSR count). The van der Waals surface area contributed by atoms with Gasteiger partial charge in [0.2, 0.25) is 0 Å². The third-order valence-corrected chi connectivity index (χ3v) is 5.17. The van der Waals surface area contributed by atoms with Crippen LogP contribution in [-0.2, 0) is 13.0 Å². The van der Waals surface area contributed by atoms with Crippen molar-refractivity contribution >= 4 is 0 Å². The Morgan fingerprint density at radius 2 is 1.76 bits per heavy atom. The molecule has 116 valence electrons. The molecule has 1 heterocycles. The van der Waals surface area contributed by atoms with Crippen molar-refractivity contribution in [2.75, 3.05) is 20.8 Å². The van der Waals surface area contributed by atoms with Crippen LogP contribution in [0.1, 0.15) is 43.7 Å². The van der Waals surface area contributed by atoms with E-state index in [1.165, 1.54) is 43.4 Å². The molecule has 0 aromatic heterocycles. The maximum atomic E-state index is 5.46. The minimum atomic E-state index is 0.773. The van der Waals surface area contributed by atoms with Crippen molar-refractivity contribution in [3.63, 3.8) is 0 Å². The quantitative estimate of drug-likeness (QED) is 0.848. The van der Waals surface area contributed by atoms with Crippen molar-refractivity contribution in [3.8, 4) is 11.5 Å². The van der Waals surface area contributed by atoms with Gasteiger partial charge in [-0.1, -0.05) is 19.8 Å². The summed E-state index contributed by atoms with van der Waals surface area (Å²) in [6, 6.07) is 5.11. The van der Waals surface area contributed by atoms with E-state index in [1.807, 2.05) is 0 Å². The van der Waals surface area contributed by atoms with Crippen LogP contribution in [0.2, 0.25) is 0 Å². The highest BCUT2D eigenvalue weighted by Crippen LogP contribution is 2.35. The molecule has 1 aliphatic carbocycles. The van der Waals surface area contributed by atoms with E-state index in [1.54, 1.807) is 14.2 Å². The summed E-state index contributed by atoms with van der Waals surface area (Å²) in [5, 5.41) is 0. The fourth-order valence-electron chi connectivity index (χ4n) is 3.95. The van der Waals surface area contributed by atoms with Gasteiger partial charge < -0.3 is 9.47 Å². The molecular weight excluding hydrogens is 262 g/mol. The molecule has 3 heteroatoms. The first-order chi connectivity index (χ1) is 10.2. The molecule has 2 aliphatic rings. The molecule has 2 unspecified atom stereocenters. The topological polar surface area (TPSA) is 21.7 Å². The largest absolute Gasteiger partial charge is 0.493 e. The van der Waals surface area contributed by atoms with Gasteiger partial charge in [-0.05, 0) is 48.4 Å². The molecular formula is C18H27NO2. The number of rotatable bonds is 3. The molecule has 1 fully saturated rings. The van der Waals surface area contributed by atoms with E-state index in [-0.39, 0.29) is 0 Å². The van der Waals surface area contributed by atoms with Crippen LogP contribution >= 0.6 is 0 Å². The maximum Gasteiger partial charge on any atom is 0.161 e. The average Bonchev–Trinajstić information content (AvgIpc) is 2.53. The van der Waals surface area contributed by atoms with Crippen LogP contribution < -0.4 is 9.47 Å². The van der Waals surface area contributed by atoms with Gasteiger partial charge in [0.25, 0.3) is 0 Å². The number of hydrogen-bond acceptors (Lipinski definition) is 3. The summed E-state index contributed by atoms with van der Waals surface area (Å²) in [6.07, 6.45) is 6.66. The van der Waals surface area contributed by atoms with Crippen LogP contribution in [0, 0.1) is 5.92 Å². The lowest BCUT2D eigenvalue weighted by Crippen LogP contribution is -2.41. The molecule has 3 nitrogen and oxygen atoms in total. The summed E-state index contributed by atoms with van der Waals surface area (Å²) in [5.41, 5.74) is 2.84. The highest BCUT2D eigenvalue weighted by molar-refractivity contribution is 5.48. The second kappa shape index (κ2) is 6.27. The molecule has 0 spiro atoms. The zero-order valence-corrected chi connectivity index (χ0v) is 13.5. The fourth-order valence-corrected chi connectivity index (χ4v) is 3.95. The Hall–Kier alpha value is -1.22. The van der Waals surface area contributed by atoms with Crippen LogP contribution in [0.5, 0.6) is 11.5 Å². The highest BCUT2D eigenvalue weighted by Gasteiger charge is 2.28. The van der Waals surface area contributed by atoms with Crippen molar-refractivity contribution < 1.29 is 9.47 Å². The first-order valence-electron chi connectivity index (χ1n) is 8.19. The minimum absolute atomic E-state index is 0.773. The number of benzene rings is 1. The van der Waals surface area contributed by atoms with Gasteiger partial charge >= 0.3 is 0 Å². The van der Waals surface area contributed by atoms with Crippen LogP contribution in [0.4, 0.5) is 0 Å². The van der Waals surface area contributed by atoms with Gasteiger partial charge in [0.1, 0.15) is 0 Å². The summed E-state index contributed by atoms with van der Waals surface area (Å²) in [4.78, 5) is 2.68. The summed E-state index contributed by atoms with van der Waals surface area (Å²) < 4.78 is 10.9. The number of fused-ring (bicyclic) bond motifs is 1. The fraction of sp³-hybridized carbons (Fsp3) is 0.667. The Balaban J connectivity index is 1.78. The zero-order chi connectivity index (χ0) is 14.8. The van der Waals surface area contributed by atoms with E-state index in [0.717, 1.165) is 36.4 Å². The van der Waals surface area contributed by atoms with Gasteiger partial charge in [-0.15, -0.1) is 0 Å². The molecule has 21 heavy (non-hydrogen) atoms. The van der Waals surface area contributed by atoms with Gasteiger partial charge in [0, 0.05) is 19.1 Å². The summed E-state index contributed by atoms with van der Waals surface area (Å²) in [5.74, 6) is 2.60. The number of methoxy groups -OCH3 is 2. The second-order valence-electron chi connectivity index (χ2n) is 6.62. The van der Waals surface area contributed by atoms with Crippen LogP contribution in [0.3, 0.4) is 0 Å². The maximum absolute atomic E-state index is 5.46. The molecule has 2 atom stereocenters. The monoisotopic (exact) mass is 289 g/mol. The third kappa shape index (κ3) is 3.03. The molecule has 1 saturated carbocycles. The first-order valence-corrected chi connectivity index (χ1v) is 8.19. The van der Waals surface area contributed by atoms with E-state index in [2.05, 4.69) is 24.0 Å². The lowest BCUT2D eigenvalue weighted by atomic mass is 9.85. The highest BCUT2D eigenvalue weighted by atomic mass is 16.5. The molecule has 0 N–H and O–H groups in total. The van der Waals surface area contributed by atoms with E-state index < -0.39 is 0 Å². The second-order valence-corrected chi connectivity index (χ2v) is 6.62. The molecule has 1 aromatic carbocycles. The summed E-state index contributed by atoms with van der Waals surface area (Å²) >= 11 is 0. The predicted octanol–water partition coefficient (Wildman–Crippen LogP) is 3.64. The van der Waals surface area contributed by atoms with Gasteiger partial charge in [-0.2, -0.15) is 0 Å². The van der Waals surface area contributed by atoms with Crippen molar-refractivity contribution in [3.05, 3.63) is 23.3 Å². The Bertz CT molecular complexity index is 500. The Kier molecular flexibility index (Phi) is 4.39. The van der Waals surface area contributed by atoms with Gasteiger partial charge in [-0.25, -0.2) is 0 Å². The number of ether oxygens (including phenoxy) is 2. The first kappa shape index (κ1) is 14.7. The van der Waals surface area contributed by atoms with Crippen LogP contribution in [0.25, 0.3) is 0 Å². The normalized spacial score (nSPS) is 26.2. The predicted molar refractivity (Wildman–Crippen MR) is 85.1 cm³/mol. The van der Waals surface area contributed by atoms with Crippen LogP contribution in [0.15, 0.2) is 12.1 Å².